The quantitative estimate of drug-likeness (QED) is 0.567. The molecule has 0 saturated carbocycles. The molecule has 2 heterocycles. The maximum atomic E-state index is 13.0. The number of hydrogen-bond donors (Lipinski definition) is 1. The highest BCUT2D eigenvalue weighted by molar-refractivity contribution is 7.89. The van der Waals surface area contributed by atoms with Crippen molar-refractivity contribution in [3.63, 3.8) is 0 Å². The molecule has 1 aliphatic heterocycles. The predicted molar refractivity (Wildman–Crippen MR) is 114 cm³/mol. The van der Waals surface area contributed by atoms with Crippen LogP contribution in [0.15, 0.2) is 64.0 Å². The summed E-state index contributed by atoms with van der Waals surface area (Å²) in [5.74, 6) is -1.18. The van der Waals surface area contributed by atoms with Crippen LogP contribution >= 0.6 is 0 Å². The molecule has 4 rings (SSSR count). The summed E-state index contributed by atoms with van der Waals surface area (Å²) in [6.07, 6.45) is 0.648. The van der Waals surface area contributed by atoms with Crippen LogP contribution in [-0.2, 0) is 32.5 Å². The Morgan fingerprint density at radius 2 is 1.84 bits per heavy atom. The summed E-state index contributed by atoms with van der Waals surface area (Å²) >= 11 is 0. The fraction of sp³-hybridized carbons (Fsp3) is 0.227. The van der Waals surface area contributed by atoms with E-state index in [9.17, 15) is 18.0 Å². The monoisotopic (exact) mass is 455 g/mol. The van der Waals surface area contributed by atoms with Crippen molar-refractivity contribution in [3.8, 4) is 0 Å². The Kier molecular flexibility index (Phi) is 6.06. The molecule has 0 aliphatic carbocycles. The molecule has 10 heteroatoms. The zero-order valence-electron chi connectivity index (χ0n) is 17.3. The highest BCUT2D eigenvalue weighted by Gasteiger charge is 2.28. The van der Waals surface area contributed by atoms with Crippen molar-refractivity contribution >= 4 is 27.8 Å². The first-order valence-electron chi connectivity index (χ1n) is 9.90. The molecule has 1 amide bonds. The van der Waals surface area contributed by atoms with Gasteiger partial charge in [0.05, 0.1) is 16.2 Å². The van der Waals surface area contributed by atoms with Gasteiger partial charge in [0.25, 0.3) is 5.91 Å². The van der Waals surface area contributed by atoms with Crippen LogP contribution in [0, 0.1) is 6.92 Å². The Morgan fingerprint density at radius 3 is 2.53 bits per heavy atom. The van der Waals surface area contributed by atoms with Crippen LogP contribution in [0.25, 0.3) is 0 Å². The minimum atomic E-state index is -3.70. The lowest BCUT2D eigenvalue weighted by molar-refractivity contribution is -0.119. The number of amides is 1. The summed E-state index contributed by atoms with van der Waals surface area (Å²) in [7, 11) is -3.70. The molecular weight excluding hydrogens is 434 g/mol. The van der Waals surface area contributed by atoms with Crippen molar-refractivity contribution < 1.29 is 27.3 Å². The highest BCUT2D eigenvalue weighted by atomic mass is 32.2. The third kappa shape index (κ3) is 4.71. The van der Waals surface area contributed by atoms with E-state index < -0.39 is 28.5 Å². The Hall–Kier alpha value is -3.50. The summed E-state index contributed by atoms with van der Waals surface area (Å²) in [5.41, 5.74) is 2.87. The maximum absolute atomic E-state index is 13.0. The smallest absolute Gasteiger partial charge is 0.338 e. The van der Waals surface area contributed by atoms with Gasteiger partial charge in [-0.15, -0.1) is 0 Å². The average molecular weight is 455 g/mol. The fourth-order valence-electron chi connectivity index (χ4n) is 3.40. The normalized spacial score (nSPS) is 13.9. The third-order valence-corrected chi connectivity index (χ3v) is 6.91. The molecule has 166 valence electrons. The number of nitrogens with zero attached hydrogens (tertiary/aromatic N) is 2. The van der Waals surface area contributed by atoms with Gasteiger partial charge in [-0.2, -0.15) is 4.31 Å². The van der Waals surface area contributed by atoms with Crippen LogP contribution in [0.4, 0.5) is 5.88 Å². The van der Waals surface area contributed by atoms with Gasteiger partial charge in [0, 0.05) is 19.2 Å². The molecule has 1 aromatic heterocycles. The molecule has 0 atom stereocenters. The van der Waals surface area contributed by atoms with E-state index in [0.717, 1.165) is 11.1 Å². The number of aryl methyl sites for hydroxylation is 1. The summed E-state index contributed by atoms with van der Waals surface area (Å²) in [5, 5.41) is 6.05. The molecule has 0 spiro atoms. The van der Waals surface area contributed by atoms with E-state index in [1.165, 1.54) is 34.6 Å². The molecular formula is C22H21N3O6S. The summed E-state index contributed by atoms with van der Waals surface area (Å²) < 4.78 is 37.3. The van der Waals surface area contributed by atoms with Crippen molar-refractivity contribution in [2.45, 2.75) is 24.8 Å². The number of benzene rings is 2. The Morgan fingerprint density at radius 1 is 1.12 bits per heavy atom. The number of fused-ring (bicyclic) bond motifs is 1. The topological polar surface area (TPSA) is 119 Å². The number of sulfonamides is 1. The Balaban J connectivity index is 1.37. The van der Waals surface area contributed by atoms with Gasteiger partial charge in [0.1, 0.15) is 0 Å². The number of carbonyl (C=O) groups excluding carboxylic acids is 2. The standard InChI is InChI=1S/C22H21N3O6S/c1-15-12-21(31-24-15)23-20(26)14-30-22(27)17-6-8-19(9-7-17)32(28,29)25-11-10-16-4-2-3-5-18(16)13-25/h2-9,12H,10-11,13-14H2,1H3,(H,23,26). The lowest BCUT2D eigenvalue weighted by atomic mass is 10.0. The predicted octanol–water partition coefficient (Wildman–Crippen LogP) is 2.53. The van der Waals surface area contributed by atoms with Gasteiger partial charge in [-0.3, -0.25) is 10.1 Å². The number of esters is 1. The molecule has 1 aliphatic rings. The number of rotatable bonds is 6. The van der Waals surface area contributed by atoms with Crippen molar-refractivity contribution in [1.82, 2.24) is 9.46 Å². The second-order valence-electron chi connectivity index (χ2n) is 7.34. The molecule has 2 aromatic carbocycles. The Bertz CT molecular complexity index is 1250. The van der Waals surface area contributed by atoms with E-state index in [0.29, 0.717) is 25.2 Å². The minimum absolute atomic E-state index is 0.0897. The molecule has 3 aromatic rings. The molecule has 0 unspecified atom stereocenters. The van der Waals surface area contributed by atoms with Crippen LogP contribution in [-0.4, -0.2) is 42.9 Å². The minimum Gasteiger partial charge on any atom is -0.452 e. The summed E-state index contributed by atoms with van der Waals surface area (Å²) in [6, 6.07) is 14.8. The maximum Gasteiger partial charge on any atom is 0.338 e. The van der Waals surface area contributed by atoms with Gasteiger partial charge >= 0.3 is 5.97 Å². The number of hydrogen-bond acceptors (Lipinski definition) is 7. The van der Waals surface area contributed by atoms with Crippen molar-refractivity contribution in [1.29, 1.82) is 0 Å². The van der Waals surface area contributed by atoms with Gasteiger partial charge < -0.3 is 9.26 Å². The molecule has 0 fully saturated rings. The van der Waals surface area contributed by atoms with Gasteiger partial charge in [-0.25, -0.2) is 13.2 Å². The first-order valence-corrected chi connectivity index (χ1v) is 11.3. The van der Waals surface area contributed by atoms with Crippen LogP contribution < -0.4 is 5.32 Å². The summed E-state index contributed by atoms with van der Waals surface area (Å²) in [4.78, 5) is 24.1. The van der Waals surface area contributed by atoms with E-state index in [1.807, 2.05) is 24.3 Å². The van der Waals surface area contributed by atoms with Gasteiger partial charge in [0.15, 0.2) is 6.61 Å². The lowest BCUT2D eigenvalue weighted by Crippen LogP contribution is -2.35. The van der Waals surface area contributed by atoms with E-state index >= 15 is 0 Å². The first-order chi connectivity index (χ1) is 15.3. The van der Waals surface area contributed by atoms with Crippen molar-refractivity contribution in [3.05, 3.63) is 77.0 Å². The van der Waals surface area contributed by atoms with E-state index in [4.69, 9.17) is 9.26 Å². The third-order valence-electron chi connectivity index (χ3n) is 5.05. The van der Waals surface area contributed by atoms with Crippen molar-refractivity contribution in [2.24, 2.45) is 0 Å². The van der Waals surface area contributed by atoms with Crippen LogP contribution in [0.2, 0.25) is 0 Å². The van der Waals surface area contributed by atoms with E-state index in [1.54, 1.807) is 6.92 Å². The molecule has 32 heavy (non-hydrogen) atoms. The largest absolute Gasteiger partial charge is 0.452 e. The number of aromatic nitrogens is 1. The van der Waals surface area contributed by atoms with Crippen molar-refractivity contribution in [2.75, 3.05) is 18.5 Å². The number of ether oxygens (including phenoxy) is 1. The zero-order valence-corrected chi connectivity index (χ0v) is 18.1. The van der Waals surface area contributed by atoms with Crippen LogP contribution in [0.5, 0.6) is 0 Å². The van der Waals surface area contributed by atoms with Gasteiger partial charge in [-0.05, 0) is 48.7 Å². The lowest BCUT2D eigenvalue weighted by Gasteiger charge is -2.28. The first kappa shape index (κ1) is 21.7. The molecule has 0 saturated heterocycles. The zero-order chi connectivity index (χ0) is 22.7. The number of anilines is 1. The second kappa shape index (κ2) is 8.93. The number of carbonyl (C=O) groups is 2. The van der Waals surface area contributed by atoms with Gasteiger partial charge in [-0.1, -0.05) is 29.4 Å². The molecule has 9 nitrogen and oxygen atoms in total. The average Bonchev–Trinajstić information content (AvgIpc) is 3.21. The van der Waals surface area contributed by atoms with E-state index in [-0.39, 0.29) is 16.3 Å². The molecule has 1 N–H and O–H groups in total. The second-order valence-corrected chi connectivity index (χ2v) is 9.28. The summed E-state index contributed by atoms with van der Waals surface area (Å²) in [6.45, 7) is 1.88. The van der Waals surface area contributed by atoms with Gasteiger partial charge in [0.2, 0.25) is 15.9 Å². The molecule has 0 bridgehead atoms. The van der Waals surface area contributed by atoms with Crippen LogP contribution in [0.3, 0.4) is 0 Å². The van der Waals surface area contributed by atoms with Crippen LogP contribution in [0.1, 0.15) is 27.2 Å². The Labute approximate surface area is 185 Å². The SMILES string of the molecule is Cc1cc(NC(=O)COC(=O)c2ccc(S(=O)(=O)N3CCc4ccccc4C3)cc2)on1. The highest BCUT2D eigenvalue weighted by Crippen LogP contribution is 2.25. The number of nitrogens with one attached hydrogen (secondary N) is 1. The van der Waals surface area contributed by atoms with E-state index in [2.05, 4.69) is 10.5 Å². The molecule has 0 radical (unpaired) electrons. The fourth-order valence-corrected chi connectivity index (χ4v) is 4.82.